The molecule has 0 fully saturated rings. The molecule has 1 amide bonds. The number of rotatable bonds is 8. The molecule has 0 aliphatic heterocycles. The van der Waals surface area contributed by atoms with Gasteiger partial charge >= 0.3 is 0 Å². The number of aromatic nitrogens is 4. The smallest absolute Gasteiger partial charge is 0.277 e. The maximum Gasteiger partial charge on any atom is 0.277 e. The number of hydrogen-bond donors (Lipinski definition) is 1. The van der Waals surface area contributed by atoms with Gasteiger partial charge in [-0.3, -0.25) is 15.1 Å². The summed E-state index contributed by atoms with van der Waals surface area (Å²) >= 11 is 7.27. The van der Waals surface area contributed by atoms with Gasteiger partial charge in [-0.15, -0.1) is 11.3 Å². The van der Waals surface area contributed by atoms with Crippen molar-refractivity contribution in [2.45, 2.75) is 19.6 Å². The Hall–Kier alpha value is -3.75. The van der Waals surface area contributed by atoms with Gasteiger partial charge in [0.2, 0.25) is 5.95 Å². The zero-order valence-electron chi connectivity index (χ0n) is 18.0. The highest BCUT2D eigenvalue weighted by molar-refractivity contribution is 7.09. The van der Waals surface area contributed by atoms with Gasteiger partial charge in [-0.2, -0.15) is 0 Å². The van der Waals surface area contributed by atoms with Gasteiger partial charge in [0, 0.05) is 35.3 Å². The molecule has 34 heavy (non-hydrogen) atoms. The number of amides is 1. The molecule has 0 radical (unpaired) electrons. The zero-order chi connectivity index (χ0) is 23.3. The second-order valence-corrected chi connectivity index (χ2v) is 8.85. The number of halogens is 1. The number of aryl methyl sites for hydroxylation is 2. The Morgan fingerprint density at radius 3 is 2.68 bits per heavy atom. The van der Waals surface area contributed by atoms with Gasteiger partial charge < -0.3 is 9.30 Å². The van der Waals surface area contributed by atoms with E-state index in [9.17, 15) is 4.79 Å². The van der Waals surface area contributed by atoms with Crippen LogP contribution in [-0.2, 0) is 19.6 Å². The van der Waals surface area contributed by atoms with Gasteiger partial charge in [-0.05, 0) is 48.5 Å². The molecule has 7 nitrogen and oxygen atoms in total. The Morgan fingerprint density at radius 2 is 1.85 bits per heavy atom. The van der Waals surface area contributed by atoms with E-state index in [0.29, 0.717) is 40.4 Å². The maximum absolute atomic E-state index is 13.0. The van der Waals surface area contributed by atoms with E-state index in [1.165, 1.54) is 11.3 Å². The third kappa shape index (κ3) is 5.08. The lowest BCUT2D eigenvalue weighted by molar-refractivity contribution is 0.102. The minimum absolute atomic E-state index is 0.266. The number of nitrogens with zero attached hydrogens (tertiary/aromatic N) is 4. The predicted octanol–water partition coefficient (Wildman–Crippen LogP) is 5.62. The van der Waals surface area contributed by atoms with Gasteiger partial charge in [0.15, 0.2) is 0 Å². The highest BCUT2D eigenvalue weighted by Crippen LogP contribution is 2.22. The van der Waals surface area contributed by atoms with Gasteiger partial charge in [-0.25, -0.2) is 9.97 Å². The summed E-state index contributed by atoms with van der Waals surface area (Å²) in [4.78, 5) is 26.4. The van der Waals surface area contributed by atoms with Crippen molar-refractivity contribution in [1.29, 1.82) is 0 Å². The molecule has 0 saturated heterocycles. The van der Waals surface area contributed by atoms with Crippen LogP contribution in [0.25, 0.3) is 11.0 Å². The van der Waals surface area contributed by atoms with Crippen molar-refractivity contribution in [2.75, 3.05) is 5.32 Å². The van der Waals surface area contributed by atoms with E-state index in [0.717, 1.165) is 16.7 Å². The number of fused-ring (bicyclic) bond motifs is 1. The van der Waals surface area contributed by atoms with Crippen molar-refractivity contribution < 1.29 is 9.53 Å². The summed E-state index contributed by atoms with van der Waals surface area (Å²) in [6, 6.07) is 20.8. The molecule has 3 aromatic heterocycles. The lowest BCUT2D eigenvalue weighted by Gasteiger charge is -2.09. The quantitative estimate of drug-likeness (QED) is 0.306. The molecule has 5 aromatic rings. The summed E-state index contributed by atoms with van der Waals surface area (Å²) in [5.41, 5.74) is 3.06. The van der Waals surface area contributed by atoms with Gasteiger partial charge in [0.1, 0.15) is 23.1 Å². The van der Waals surface area contributed by atoms with Crippen molar-refractivity contribution in [2.24, 2.45) is 0 Å². The number of benzene rings is 2. The molecule has 0 saturated carbocycles. The molecular formula is C25H20ClN5O2S. The number of pyridine rings is 1. The van der Waals surface area contributed by atoms with Gasteiger partial charge in [0.05, 0.1) is 11.0 Å². The summed E-state index contributed by atoms with van der Waals surface area (Å²) in [6.45, 7) is 0.895. The molecule has 2 aromatic carbocycles. The number of ether oxygens (including phenoxy) is 1. The first-order valence-corrected chi connectivity index (χ1v) is 11.9. The van der Waals surface area contributed by atoms with E-state index in [1.807, 2.05) is 47.0 Å². The number of thiazole rings is 1. The Bertz CT molecular complexity index is 1420. The summed E-state index contributed by atoms with van der Waals surface area (Å²) in [7, 11) is 0. The number of para-hydroxylation sites is 2. The standard InChI is InChI=1S/C25H20ClN5O2S/c26-17-8-10-19(11-9-17)33-15-23-28-21(16-34-23)24(32)30-25-29-20-6-1-2-7-22(20)31(25)14-12-18-5-3-4-13-27-18/h1-11,13,16H,12,14-15H2,(H,29,30,32). The van der Waals surface area contributed by atoms with Crippen LogP contribution in [0.5, 0.6) is 5.75 Å². The highest BCUT2D eigenvalue weighted by Gasteiger charge is 2.17. The monoisotopic (exact) mass is 489 g/mol. The van der Waals surface area contributed by atoms with Crippen molar-refractivity contribution in [1.82, 2.24) is 19.5 Å². The van der Waals surface area contributed by atoms with Crippen LogP contribution in [0.2, 0.25) is 5.02 Å². The first kappa shape index (κ1) is 22.1. The normalized spacial score (nSPS) is 11.0. The van der Waals surface area contributed by atoms with Crippen molar-refractivity contribution in [3.8, 4) is 5.75 Å². The molecule has 0 aliphatic rings. The number of imidazole rings is 1. The Morgan fingerprint density at radius 1 is 1.03 bits per heavy atom. The third-order valence-electron chi connectivity index (χ3n) is 5.16. The minimum Gasteiger partial charge on any atom is -0.486 e. The number of carbonyl (C=O) groups excluding carboxylic acids is 1. The second-order valence-electron chi connectivity index (χ2n) is 7.47. The fourth-order valence-electron chi connectivity index (χ4n) is 3.49. The second kappa shape index (κ2) is 10.0. The molecule has 5 rings (SSSR count). The van der Waals surface area contributed by atoms with Crippen LogP contribution < -0.4 is 10.1 Å². The van der Waals surface area contributed by atoms with E-state index in [-0.39, 0.29) is 12.5 Å². The molecule has 0 bridgehead atoms. The largest absolute Gasteiger partial charge is 0.486 e. The number of anilines is 1. The van der Waals surface area contributed by atoms with Crippen LogP contribution in [0.3, 0.4) is 0 Å². The van der Waals surface area contributed by atoms with Gasteiger partial charge in [0.25, 0.3) is 5.91 Å². The fraction of sp³-hybridized carbons (Fsp3) is 0.120. The topological polar surface area (TPSA) is 81.9 Å². The molecule has 0 unspecified atom stereocenters. The van der Waals surface area contributed by atoms with E-state index < -0.39 is 0 Å². The van der Waals surface area contributed by atoms with Crippen LogP contribution in [0, 0.1) is 0 Å². The summed E-state index contributed by atoms with van der Waals surface area (Å²) < 4.78 is 7.73. The fourth-order valence-corrected chi connectivity index (χ4v) is 4.30. The van der Waals surface area contributed by atoms with Crippen LogP contribution in [-0.4, -0.2) is 25.4 Å². The lowest BCUT2D eigenvalue weighted by atomic mass is 10.2. The van der Waals surface area contributed by atoms with Crippen LogP contribution in [0.4, 0.5) is 5.95 Å². The van der Waals surface area contributed by atoms with E-state index in [4.69, 9.17) is 16.3 Å². The molecule has 0 aliphatic carbocycles. The Labute approximate surface area is 205 Å². The van der Waals surface area contributed by atoms with Crippen LogP contribution in [0.1, 0.15) is 21.2 Å². The average Bonchev–Trinajstić information content (AvgIpc) is 3.48. The number of carbonyl (C=O) groups is 1. The van der Waals surface area contributed by atoms with E-state index in [2.05, 4.69) is 20.3 Å². The van der Waals surface area contributed by atoms with E-state index in [1.54, 1.807) is 35.8 Å². The zero-order valence-corrected chi connectivity index (χ0v) is 19.6. The molecule has 170 valence electrons. The first-order valence-electron chi connectivity index (χ1n) is 10.6. The van der Waals surface area contributed by atoms with Crippen molar-refractivity contribution >= 4 is 45.8 Å². The molecule has 1 N–H and O–H groups in total. The van der Waals surface area contributed by atoms with Crippen molar-refractivity contribution in [3.05, 3.63) is 99.7 Å². The summed E-state index contributed by atoms with van der Waals surface area (Å²) in [5.74, 6) is 0.852. The molecule has 3 heterocycles. The predicted molar refractivity (Wildman–Crippen MR) is 134 cm³/mol. The third-order valence-corrected chi connectivity index (χ3v) is 6.23. The number of hydrogen-bond acceptors (Lipinski definition) is 6. The molecule has 0 spiro atoms. The Balaban J connectivity index is 1.30. The average molecular weight is 490 g/mol. The van der Waals surface area contributed by atoms with Crippen LogP contribution in [0.15, 0.2) is 78.3 Å². The molecule has 0 atom stereocenters. The van der Waals surface area contributed by atoms with E-state index >= 15 is 0 Å². The highest BCUT2D eigenvalue weighted by atomic mass is 35.5. The summed E-state index contributed by atoms with van der Waals surface area (Å²) in [6.07, 6.45) is 2.49. The lowest BCUT2D eigenvalue weighted by Crippen LogP contribution is -2.17. The SMILES string of the molecule is O=C(Nc1nc2ccccc2n1CCc1ccccn1)c1csc(COc2ccc(Cl)cc2)n1. The first-order chi connectivity index (χ1) is 16.7. The molecular weight excluding hydrogens is 470 g/mol. The minimum atomic E-state index is -0.316. The van der Waals surface area contributed by atoms with Crippen molar-refractivity contribution in [3.63, 3.8) is 0 Å². The van der Waals surface area contributed by atoms with Crippen LogP contribution >= 0.6 is 22.9 Å². The number of nitrogens with one attached hydrogen (secondary N) is 1. The summed E-state index contributed by atoms with van der Waals surface area (Å²) in [5, 5.41) is 5.99. The van der Waals surface area contributed by atoms with Gasteiger partial charge in [-0.1, -0.05) is 29.8 Å². The maximum atomic E-state index is 13.0. The molecule has 9 heteroatoms. The Kier molecular flexibility index (Phi) is 6.51.